The SMILES string of the molecule is Cc1c(N)cccc1CN1C(=O)CCCc2ccccc21. The summed E-state index contributed by atoms with van der Waals surface area (Å²) in [4.78, 5) is 14.4. The number of rotatable bonds is 2. The van der Waals surface area contributed by atoms with Crippen LogP contribution in [-0.2, 0) is 17.8 Å². The molecule has 1 heterocycles. The molecule has 1 aliphatic rings. The van der Waals surface area contributed by atoms with Gasteiger partial charge in [-0.25, -0.2) is 0 Å². The standard InChI is InChI=1S/C18H20N2O/c1-13-15(8-4-9-16(13)19)12-20-17-10-3-2-6-14(17)7-5-11-18(20)21/h2-4,6,8-10H,5,7,11-12,19H2,1H3. The summed E-state index contributed by atoms with van der Waals surface area (Å²) < 4.78 is 0. The van der Waals surface area contributed by atoms with Crippen LogP contribution in [0.3, 0.4) is 0 Å². The zero-order valence-corrected chi connectivity index (χ0v) is 12.3. The first kappa shape index (κ1) is 13.7. The summed E-state index contributed by atoms with van der Waals surface area (Å²) >= 11 is 0. The molecule has 1 aliphatic heterocycles. The molecular weight excluding hydrogens is 260 g/mol. The number of hydrogen-bond acceptors (Lipinski definition) is 2. The van der Waals surface area contributed by atoms with Gasteiger partial charge in [-0.15, -0.1) is 0 Å². The number of hydrogen-bond donors (Lipinski definition) is 1. The fraction of sp³-hybridized carbons (Fsp3) is 0.278. The predicted octanol–water partition coefficient (Wildman–Crippen LogP) is 3.45. The number of amides is 1. The maximum absolute atomic E-state index is 12.5. The van der Waals surface area contributed by atoms with Gasteiger partial charge >= 0.3 is 0 Å². The summed E-state index contributed by atoms with van der Waals surface area (Å²) in [6.07, 6.45) is 2.49. The van der Waals surface area contributed by atoms with Gasteiger partial charge in [-0.3, -0.25) is 4.79 Å². The third-order valence-corrected chi connectivity index (χ3v) is 4.24. The molecule has 3 rings (SSSR count). The second kappa shape index (κ2) is 5.60. The summed E-state index contributed by atoms with van der Waals surface area (Å²) in [5.41, 5.74) is 11.2. The Bertz CT molecular complexity index is 679. The Morgan fingerprint density at radius 2 is 1.90 bits per heavy atom. The van der Waals surface area contributed by atoms with Crippen LogP contribution >= 0.6 is 0 Å². The van der Waals surface area contributed by atoms with Crippen LogP contribution in [-0.4, -0.2) is 5.91 Å². The minimum absolute atomic E-state index is 0.196. The van der Waals surface area contributed by atoms with E-state index in [9.17, 15) is 4.79 Å². The first-order valence-electron chi connectivity index (χ1n) is 7.39. The van der Waals surface area contributed by atoms with E-state index in [2.05, 4.69) is 6.07 Å². The Labute approximate surface area is 125 Å². The summed E-state index contributed by atoms with van der Waals surface area (Å²) in [6.45, 7) is 2.60. The van der Waals surface area contributed by atoms with E-state index in [0.717, 1.165) is 35.3 Å². The minimum Gasteiger partial charge on any atom is -0.399 e. The van der Waals surface area contributed by atoms with Gasteiger partial charge < -0.3 is 10.6 Å². The van der Waals surface area contributed by atoms with Crippen molar-refractivity contribution < 1.29 is 4.79 Å². The van der Waals surface area contributed by atoms with Gasteiger partial charge in [-0.05, 0) is 48.6 Å². The highest BCUT2D eigenvalue weighted by molar-refractivity contribution is 5.94. The highest BCUT2D eigenvalue weighted by Crippen LogP contribution is 2.29. The van der Waals surface area contributed by atoms with Crippen LogP contribution in [0.15, 0.2) is 42.5 Å². The number of nitrogens with two attached hydrogens (primary N) is 1. The van der Waals surface area contributed by atoms with E-state index in [4.69, 9.17) is 5.73 Å². The molecule has 3 heteroatoms. The van der Waals surface area contributed by atoms with Crippen molar-refractivity contribution in [3.63, 3.8) is 0 Å². The smallest absolute Gasteiger partial charge is 0.227 e. The van der Waals surface area contributed by atoms with Crippen molar-refractivity contribution in [1.29, 1.82) is 0 Å². The number of nitrogens with zero attached hydrogens (tertiary/aromatic N) is 1. The molecule has 0 fully saturated rings. The third-order valence-electron chi connectivity index (χ3n) is 4.24. The van der Waals surface area contributed by atoms with Crippen LogP contribution in [0.1, 0.15) is 29.5 Å². The second-order valence-corrected chi connectivity index (χ2v) is 5.59. The normalized spacial score (nSPS) is 14.7. The number of aryl methyl sites for hydroxylation is 1. The topological polar surface area (TPSA) is 46.3 Å². The second-order valence-electron chi connectivity index (χ2n) is 5.59. The molecule has 0 spiro atoms. The van der Waals surface area contributed by atoms with E-state index in [-0.39, 0.29) is 5.91 Å². The number of fused-ring (bicyclic) bond motifs is 1. The average molecular weight is 280 g/mol. The van der Waals surface area contributed by atoms with Gasteiger partial charge in [0.1, 0.15) is 0 Å². The molecule has 0 saturated heterocycles. The molecule has 1 amide bonds. The lowest BCUT2D eigenvalue weighted by Gasteiger charge is -2.24. The lowest BCUT2D eigenvalue weighted by atomic mass is 10.1. The number of carbonyl (C=O) groups excluding carboxylic acids is 1. The lowest BCUT2D eigenvalue weighted by Crippen LogP contribution is -2.30. The van der Waals surface area contributed by atoms with Crippen molar-refractivity contribution >= 4 is 17.3 Å². The molecular formula is C18H20N2O. The van der Waals surface area contributed by atoms with Gasteiger partial charge in [-0.2, -0.15) is 0 Å². The maximum Gasteiger partial charge on any atom is 0.227 e. The summed E-state index contributed by atoms with van der Waals surface area (Å²) in [6, 6.07) is 14.1. The molecule has 21 heavy (non-hydrogen) atoms. The Hall–Kier alpha value is -2.29. The molecule has 0 aliphatic carbocycles. The van der Waals surface area contributed by atoms with Gasteiger partial charge in [0, 0.05) is 17.8 Å². The van der Waals surface area contributed by atoms with Crippen LogP contribution in [0.5, 0.6) is 0 Å². The average Bonchev–Trinajstić information content (AvgIpc) is 2.64. The highest BCUT2D eigenvalue weighted by Gasteiger charge is 2.22. The quantitative estimate of drug-likeness (QED) is 0.856. The minimum atomic E-state index is 0.196. The molecule has 0 radical (unpaired) electrons. The molecule has 2 N–H and O–H groups in total. The first-order valence-corrected chi connectivity index (χ1v) is 7.39. The van der Waals surface area contributed by atoms with Gasteiger partial charge in [0.2, 0.25) is 5.91 Å². The van der Waals surface area contributed by atoms with E-state index < -0.39 is 0 Å². The van der Waals surface area contributed by atoms with Crippen molar-refractivity contribution in [2.24, 2.45) is 0 Å². The fourth-order valence-corrected chi connectivity index (χ4v) is 2.90. The molecule has 0 unspecified atom stereocenters. The highest BCUT2D eigenvalue weighted by atomic mass is 16.2. The van der Waals surface area contributed by atoms with Gasteiger partial charge in [-0.1, -0.05) is 30.3 Å². The molecule has 2 aromatic carbocycles. The van der Waals surface area contributed by atoms with E-state index in [1.165, 1.54) is 5.56 Å². The van der Waals surface area contributed by atoms with E-state index in [0.29, 0.717) is 13.0 Å². The van der Waals surface area contributed by atoms with Crippen molar-refractivity contribution in [2.75, 3.05) is 10.6 Å². The number of carbonyl (C=O) groups is 1. The molecule has 0 atom stereocenters. The van der Waals surface area contributed by atoms with Gasteiger partial charge in [0.25, 0.3) is 0 Å². The molecule has 3 nitrogen and oxygen atoms in total. The molecule has 0 aromatic heterocycles. The Morgan fingerprint density at radius 3 is 2.76 bits per heavy atom. The molecule has 0 bridgehead atoms. The summed E-state index contributed by atoms with van der Waals surface area (Å²) in [7, 11) is 0. The number of nitrogen functional groups attached to an aromatic ring is 1. The van der Waals surface area contributed by atoms with Gasteiger partial charge in [0.15, 0.2) is 0 Å². The Balaban J connectivity index is 2.00. The van der Waals surface area contributed by atoms with Crippen LogP contribution < -0.4 is 10.6 Å². The van der Waals surface area contributed by atoms with Crippen molar-refractivity contribution in [1.82, 2.24) is 0 Å². The summed E-state index contributed by atoms with van der Waals surface area (Å²) in [5.74, 6) is 0.196. The zero-order valence-electron chi connectivity index (χ0n) is 12.3. The van der Waals surface area contributed by atoms with Crippen molar-refractivity contribution in [3.05, 3.63) is 59.2 Å². The molecule has 0 saturated carbocycles. The lowest BCUT2D eigenvalue weighted by molar-refractivity contribution is -0.118. The zero-order chi connectivity index (χ0) is 14.8. The monoisotopic (exact) mass is 280 g/mol. The first-order chi connectivity index (χ1) is 10.2. The number of para-hydroxylation sites is 1. The van der Waals surface area contributed by atoms with E-state index >= 15 is 0 Å². The third kappa shape index (κ3) is 2.64. The number of anilines is 2. The van der Waals surface area contributed by atoms with Crippen molar-refractivity contribution in [2.45, 2.75) is 32.7 Å². The van der Waals surface area contributed by atoms with Gasteiger partial charge in [0.05, 0.1) is 6.54 Å². The molecule has 108 valence electrons. The fourth-order valence-electron chi connectivity index (χ4n) is 2.90. The van der Waals surface area contributed by atoms with Crippen LogP contribution in [0, 0.1) is 6.92 Å². The number of benzene rings is 2. The largest absolute Gasteiger partial charge is 0.399 e. The Morgan fingerprint density at radius 1 is 1.10 bits per heavy atom. The Kier molecular flexibility index (Phi) is 3.65. The van der Waals surface area contributed by atoms with E-state index in [1.54, 1.807) is 0 Å². The maximum atomic E-state index is 12.5. The van der Waals surface area contributed by atoms with Crippen LogP contribution in [0.2, 0.25) is 0 Å². The predicted molar refractivity (Wildman–Crippen MR) is 86.2 cm³/mol. The molecule has 2 aromatic rings. The summed E-state index contributed by atoms with van der Waals surface area (Å²) in [5, 5.41) is 0. The van der Waals surface area contributed by atoms with Crippen LogP contribution in [0.4, 0.5) is 11.4 Å². The van der Waals surface area contributed by atoms with Crippen LogP contribution in [0.25, 0.3) is 0 Å². The van der Waals surface area contributed by atoms with E-state index in [1.807, 2.05) is 48.2 Å². The van der Waals surface area contributed by atoms with Crippen molar-refractivity contribution in [3.8, 4) is 0 Å².